The van der Waals surface area contributed by atoms with Crippen molar-refractivity contribution in [2.75, 3.05) is 19.7 Å². The third-order valence-corrected chi connectivity index (χ3v) is 5.66. The van der Waals surface area contributed by atoms with Crippen molar-refractivity contribution in [1.29, 1.82) is 0 Å². The molecule has 0 N–H and O–H groups in total. The molecule has 6 heteroatoms. The van der Waals surface area contributed by atoms with Gasteiger partial charge < -0.3 is 14.4 Å². The lowest BCUT2D eigenvalue weighted by molar-refractivity contribution is -0.165. The summed E-state index contributed by atoms with van der Waals surface area (Å²) in [5.41, 5.74) is 1.80. The van der Waals surface area contributed by atoms with Crippen molar-refractivity contribution in [2.45, 2.75) is 37.6 Å². The summed E-state index contributed by atoms with van der Waals surface area (Å²) < 4.78 is 14.2. The molecule has 148 valence electrons. The Kier molecular flexibility index (Phi) is 5.59. The second-order valence-corrected chi connectivity index (χ2v) is 7.62. The smallest absolute Gasteiger partial charge is 0.246 e. The maximum absolute atomic E-state index is 12.7. The first-order valence-electron chi connectivity index (χ1n) is 9.90. The SMILES string of the molecule is Cn1cc(/C=C/C(=O)N2CC[C@]3(CCCO3)[C@@H](OCc3ccccc3)C2)cn1. The summed E-state index contributed by atoms with van der Waals surface area (Å²) >= 11 is 0. The van der Waals surface area contributed by atoms with E-state index in [0.29, 0.717) is 19.7 Å². The molecule has 1 amide bonds. The van der Waals surface area contributed by atoms with E-state index < -0.39 is 0 Å². The van der Waals surface area contributed by atoms with Crippen LogP contribution in [0.15, 0.2) is 48.8 Å². The Morgan fingerprint density at radius 3 is 2.93 bits per heavy atom. The van der Waals surface area contributed by atoms with Crippen LogP contribution in [-0.4, -0.2) is 52.0 Å². The fourth-order valence-corrected chi connectivity index (χ4v) is 4.09. The zero-order chi connectivity index (χ0) is 19.4. The third kappa shape index (κ3) is 4.18. The van der Waals surface area contributed by atoms with Gasteiger partial charge in [0.2, 0.25) is 5.91 Å². The highest BCUT2D eigenvalue weighted by molar-refractivity contribution is 5.91. The number of rotatable bonds is 5. The minimum Gasteiger partial charge on any atom is -0.372 e. The number of hydrogen-bond donors (Lipinski definition) is 0. The number of aryl methyl sites for hydroxylation is 1. The van der Waals surface area contributed by atoms with Gasteiger partial charge in [-0.2, -0.15) is 5.10 Å². The summed E-state index contributed by atoms with van der Waals surface area (Å²) in [7, 11) is 1.86. The molecule has 2 aliphatic rings. The highest BCUT2D eigenvalue weighted by Gasteiger charge is 2.47. The van der Waals surface area contributed by atoms with Crippen LogP contribution in [0.25, 0.3) is 6.08 Å². The van der Waals surface area contributed by atoms with Crippen LogP contribution in [0.2, 0.25) is 0 Å². The molecule has 6 nitrogen and oxygen atoms in total. The van der Waals surface area contributed by atoms with E-state index >= 15 is 0 Å². The second-order valence-electron chi connectivity index (χ2n) is 7.62. The number of piperidine rings is 1. The van der Waals surface area contributed by atoms with Crippen molar-refractivity contribution in [1.82, 2.24) is 14.7 Å². The molecule has 2 fully saturated rings. The Hall–Kier alpha value is -2.44. The number of nitrogens with zero attached hydrogens (tertiary/aromatic N) is 3. The first kappa shape index (κ1) is 18.9. The second kappa shape index (κ2) is 8.29. The average Bonchev–Trinajstić information content (AvgIpc) is 3.36. The molecule has 2 atom stereocenters. The molecule has 0 radical (unpaired) electrons. The molecule has 1 aromatic heterocycles. The van der Waals surface area contributed by atoms with E-state index in [-0.39, 0.29) is 17.6 Å². The summed E-state index contributed by atoms with van der Waals surface area (Å²) in [6.07, 6.45) is 9.82. The Morgan fingerprint density at radius 2 is 2.21 bits per heavy atom. The molecular weight excluding hydrogens is 354 g/mol. The number of benzene rings is 1. The van der Waals surface area contributed by atoms with Gasteiger partial charge in [0.1, 0.15) is 6.10 Å². The largest absolute Gasteiger partial charge is 0.372 e. The highest BCUT2D eigenvalue weighted by atomic mass is 16.6. The van der Waals surface area contributed by atoms with Gasteiger partial charge in [-0.1, -0.05) is 30.3 Å². The number of carbonyl (C=O) groups excluding carboxylic acids is 1. The van der Waals surface area contributed by atoms with E-state index in [1.54, 1.807) is 17.0 Å². The van der Waals surface area contributed by atoms with E-state index in [0.717, 1.165) is 37.0 Å². The van der Waals surface area contributed by atoms with Gasteiger partial charge in [0, 0.05) is 44.6 Å². The lowest BCUT2D eigenvalue weighted by Crippen LogP contribution is -2.57. The maximum Gasteiger partial charge on any atom is 0.246 e. The van der Waals surface area contributed by atoms with Crippen molar-refractivity contribution in [3.8, 4) is 0 Å². The van der Waals surface area contributed by atoms with E-state index in [9.17, 15) is 4.79 Å². The number of hydrogen-bond acceptors (Lipinski definition) is 4. The van der Waals surface area contributed by atoms with Crippen molar-refractivity contribution in [3.05, 3.63) is 59.9 Å². The topological polar surface area (TPSA) is 56.6 Å². The molecule has 1 spiro atoms. The zero-order valence-electron chi connectivity index (χ0n) is 16.3. The lowest BCUT2D eigenvalue weighted by atomic mass is 9.85. The molecule has 0 bridgehead atoms. The quantitative estimate of drug-likeness (QED) is 0.748. The van der Waals surface area contributed by atoms with Crippen LogP contribution < -0.4 is 0 Å². The van der Waals surface area contributed by atoms with Crippen LogP contribution in [0, 0.1) is 0 Å². The Bertz CT molecular complexity index is 825. The monoisotopic (exact) mass is 381 g/mol. The fraction of sp³-hybridized carbons (Fsp3) is 0.455. The number of aromatic nitrogens is 2. The summed E-state index contributed by atoms with van der Waals surface area (Å²) in [6.45, 7) is 2.56. The number of likely N-dealkylation sites (tertiary alicyclic amines) is 1. The van der Waals surface area contributed by atoms with E-state index in [2.05, 4.69) is 17.2 Å². The van der Waals surface area contributed by atoms with E-state index in [1.807, 2.05) is 42.4 Å². The zero-order valence-corrected chi connectivity index (χ0v) is 16.3. The van der Waals surface area contributed by atoms with Gasteiger partial charge in [-0.25, -0.2) is 0 Å². The highest BCUT2D eigenvalue weighted by Crippen LogP contribution is 2.38. The average molecular weight is 381 g/mol. The summed E-state index contributed by atoms with van der Waals surface area (Å²) in [5.74, 6) is 0.00464. The van der Waals surface area contributed by atoms with Gasteiger partial charge >= 0.3 is 0 Å². The molecule has 28 heavy (non-hydrogen) atoms. The van der Waals surface area contributed by atoms with Crippen LogP contribution in [0.4, 0.5) is 0 Å². The molecule has 2 aliphatic heterocycles. The molecule has 0 aliphatic carbocycles. The molecule has 2 aromatic rings. The van der Waals surface area contributed by atoms with Crippen LogP contribution in [-0.2, 0) is 27.9 Å². The first-order chi connectivity index (χ1) is 13.6. The minimum atomic E-state index is -0.251. The van der Waals surface area contributed by atoms with Crippen LogP contribution in [0.1, 0.15) is 30.4 Å². The van der Waals surface area contributed by atoms with Gasteiger partial charge in [0.15, 0.2) is 0 Å². The van der Waals surface area contributed by atoms with Crippen molar-refractivity contribution >= 4 is 12.0 Å². The molecule has 2 saturated heterocycles. The predicted molar refractivity (Wildman–Crippen MR) is 106 cm³/mol. The molecule has 1 aromatic carbocycles. The van der Waals surface area contributed by atoms with Gasteiger partial charge in [-0.3, -0.25) is 9.48 Å². The van der Waals surface area contributed by atoms with Gasteiger partial charge in [-0.05, 0) is 30.9 Å². The van der Waals surface area contributed by atoms with Crippen LogP contribution in [0.5, 0.6) is 0 Å². The van der Waals surface area contributed by atoms with Crippen molar-refractivity contribution in [3.63, 3.8) is 0 Å². The van der Waals surface area contributed by atoms with Gasteiger partial charge in [0.25, 0.3) is 0 Å². The Morgan fingerprint density at radius 1 is 1.36 bits per heavy atom. The normalized spacial score (nSPS) is 25.0. The summed E-state index contributed by atoms with van der Waals surface area (Å²) in [6, 6.07) is 10.1. The molecule has 0 saturated carbocycles. The van der Waals surface area contributed by atoms with E-state index in [1.165, 1.54) is 0 Å². The molecule has 0 unspecified atom stereocenters. The predicted octanol–water partition coefficient (Wildman–Crippen LogP) is 2.80. The fourth-order valence-electron chi connectivity index (χ4n) is 4.09. The number of ether oxygens (including phenoxy) is 2. The molecular formula is C22H27N3O3. The van der Waals surface area contributed by atoms with Crippen LogP contribution >= 0.6 is 0 Å². The van der Waals surface area contributed by atoms with Crippen LogP contribution in [0.3, 0.4) is 0 Å². The van der Waals surface area contributed by atoms with Crippen molar-refractivity contribution < 1.29 is 14.3 Å². The van der Waals surface area contributed by atoms with Gasteiger partial charge in [-0.15, -0.1) is 0 Å². The standard InChI is InChI=1S/C22H27N3O3/c1-24-15-19(14-23-24)8-9-21(26)25-12-11-22(10-5-13-28-22)20(16-25)27-17-18-6-3-2-4-7-18/h2-4,6-9,14-15,20H,5,10-13,16-17H2,1H3/b9-8+/t20-,22+/m0/s1. The van der Waals surface area contributed by atoms with Crippen molar-refractivity contribution in [2.24, 2.45) is 7.05 Å². The Labute approximate surface area is 165 Å². The summed E-state index contributed by atoms with van der Waals surface area (Å²) in [5, 5.41) is 4.12. The number of carbonyl (C=O) groups is 1. The Balaban J connectivity index is 1.42. The maximum atomic E-state index is 12.7. The first-order valence-corrected chi connectivity index (χ1v) is 9.90. The number of amides is 1. The molecule has 3 heterocycles. The molecule has 4 rings (SSSR count). The lowest BCUT2D eigenvalue weighted by Gasteiger charge is -2.44. The summed E-state index contributed by atoms with van der Waals surface area (Å²) in [4.78, 5) is 14.6. The minimum absolute atomic E-state index is 0.00464. The van der Waals surface area contributed by atoms with E-state index in [4.69, 9.17) is 9.47 Å². The third-order valence-electron chi connectivity index (χ3n) is 5.66. The van der Waals surface area contributed by atoms with Gasteiger partial charge in [0.05, 0.1) is 18.4 Å².